The summed E-state index contributed by atoms with van der Waals surface area (Å²) in [4.78, 5) is 0. The summed E-state index contributed by atoms with van der Waals surface area (Å²) >= 11 is 0. The monoisotopic (exact) mass is 291 g/mol. The molecule has 3 nitrogen and oxygen atoms in total. The summed E-state index contributed by atoms with van der Waals surface area (Å²) < 4.78 is 10.7. The van der Waals surface area contributed by atoms with Gasteiger partial charge in [0.1, 0.15) is 11.3 Å². The van der Waals surface area contributed by atoms with E-state index in [1.807, 2.05) is 24.3 Å². The number of methoxy groups -OCH3 is 1. The number of hydrogen-bond donors (Lipinski definition) is 0. The van der Waals surface area contributed by atoms with E-state index >= 15 is 0 Å². The Hall–Kier alpha value is -2.73. The molecule has 0 aliphatic carbocycles. The van der Waals surface area contributed by atoms with Gasteiger partial charge in [-0.05, 0) is 60.7 Å². The summed E-state index contributed by atoms with van der Waals surface area (Å²) in [5.41, 5.74) is 3.98. The molecule has 0 spiro atoms. The Labute approximate surface area is 129 Å². The lowest BCUT2D eigenvalue weighted by molar-refractivity contribution is 0.414. The number of benzene rings is 2. The number of nitriles is 1. The van der Waals surface area contributed by atoms with Gasteiger partial charge in [-0.1, -0.05) is 12.1 Å². The smallest absolute Gasteiger partial charge is 0.134 e. The summed E-state index contributed by atoms with van der Waals surface area (Å²) in [6, 6.07) is 15.9. The molecule has 0 amide bonds. The van der Waals surface area contributed by atoms with E-state index in [1.54, 1.807) is 19.4 Å². The fourth-order valence-electron chi connectivity index (χ4n) is 2.62. The van der Waals surface area contributed by atoms with Crippen LogP contribution in [0.3, 0.4) is 0 Å². The second-order valence-electron chi connectivity index (χ2n) is 5.29. The van der Waals surface area contributed by atoms with E-state index in [2.05, 4.69) is 18.2 Å². The van der Waals surface area contributed by atoms with Crippen LogP contribution in [0.15, 0.2) is 53.1 Å². The van der Waals surface area contributed by atoms with Gasteiger partial charge in [-0.3, -0.25) is 0 Å². The predicted octanol–water partition coefficient (Wildman–Crippen LogP) is 4.49. The lowest BCUT2D eigenvalue weighted by Gasteiger charge is -2.03. The van der Waals surface area contributed by atoms with Crippen molar-refractivity contribution in [1.29, 1.82) is 5.26 Å². The van der Waals surface area contributed by atoms with Gasteiger partial charge in [0.15, 0.2) is 0 Å². The third kappa shape index (κ3) is 2.96. The Morgan fingerprint density at radius 1 is 1.09 bits per heavy atom. The Morgan fingerprint density at radius 3 is 2.64 bits per heavy atom. The molecule has 0 N–H and O–H groups in total. The largest absolute Gasteiger partial charge is 0.497 e. The Morgan fingerprint density at radius 2 is 1.91 bits per heavy atom. The molecule has 0 fully saturated rings. The van der Waals surface area contributed by atoms with Crippen molar-refractivity contribution >= 4 is 11.0 Å². The molecule has 1 heterocycles. The highest BCUT2D eigenvalue weighted by Gasteiger charge is 2.07. The van der Waals surface area contributed by atoms with Crippen molar-refractivity contribution in [2.24, 2.45) is 0 Å². The molecule has 0 bridgehead atoms. The zero-order valence-corrected chi connectivity index (χ0v) is 12.5. The number of aryl methyl sites for hydroxylation is 2. The molecule has 3 aromatic rings. The second-order valence-corrected chi connectivity index (χ2v) is 5.29. The summed E-state index contributed by atoms with van der Waals surface area (Å²) in [5.74, 6) is 0.883. The first kappa shape index (κ1) is 14.2. The minimum atomic E-state index is 0.672. The standard InChI is InChI=1S/C19H17NO2/c1-21-17-8-5-14(6-9-17)3-2-4-16-13-22-19-10-7-15(12-20)11-18(16)19/h5-11,13H,2-4H2,1H3. The molecule has 0 unspecified atom stereocenters. The molecule has 0 saturated heterocycles. The van der Waals surface area contributed by atoms with Crippen molar-refractivity contribution in [1.82, 2.24) is 0 Å². The van der Waals surface area contributed by atoms with Gasteiger partial charge in [-0.2, -0.15) is 5.26 Å². The van der Waals surface area contributed by atoms with E-state index in [9.17, 15) is 0 Å². The highest BCUT2D eigenvalue weighted by Crippen LogP contribution is 2.24. The summed E-state index contributed by atoms with van der Waals surface area (Å²) in [6.07, 6.45) is 4.79. The molecule has 0 atom stereocenters. The summed E-state index contributed by atoms with van der Waals surface area (Å²) in [6.45, 7) is 0. The highest BCUT2D eigenvalue weighted by atomic mass is 16.5. The van der Waals surface area contributed by atoms with Crippen LogP contribution >= 0.6 is 0 Å². The Bertz CT molecular complexity index is 810. The van der Waals surface area contributed by atoms with Crippen molar-refractivity contribution in [3.8, 4) is 11.8 Å². The number of fused-ring (bicyclic) bond motifs is 1. The van der Waals surface area contributed by atoms with E-state index in [-0.39, 0.29) is 0 Å². The van der Waals surface area contributed by atoms with Gasteiger partial charge in [0.25, 0.3) is 0 Å². The first-order valence-corrected chi connectivity index (χ1v) is 7.33. The zero-order chi connectivity index (χ0) is 15.4. The fraction of sp³-hybridized carbons (Fsp3) is 0.211. The molecule has 0 aliphatic rings. The second kappa shape index (κ2) is 6.36. The summed E-state index contributed by atoms with van der Waals surface area (Å²) in [5, 5.41) is 10.1. The van der Waals surface area contributed by atoms with Crippen molar-refractivity contribution in [3.05, 3.63) is 65.4 Å². The molecule has 0 radical (unpaired) electrons. The minimum Gasteiger partial charge on any atom is -0.497 e. The van der Waals surface area contributed by atoms with Crippen molar-refractivity contribution in [2.45, 2.75) is 19.3 Å². The number of ether oxygens (including phenoxy) is 1. The van der Waals surface area contributed by atoms with Gasteiger partial charge >= 0.3 is 0 Å². The maximum absolute atomic E-state index is 9.00. The maximum Gasteiger partial charge on any atom is 0.134 e. The van der Waals surface area contributed by atoms with Crippen LogP contribution in [0.1, 0.15) is 23.1 Å². The average Bonchev–Trinajstić information content (AvgIpc) is 2.98. The molecule has 1 aromatic heterocycles. The molecular formula is C19H17NO2. The van der Waals surface area contributed by atoms with Crippen LogP contribution in [0.25, 0.3) is 11.0 Å². The van der Waals surface area contributed by atoms with Crippen LogP contribution in [0.4, 0.5) is 0 Å². The molecule has 3 rings (SSSR count). The van der Waals surface area contributed by atoms with Crippen molar-refractivity contribution in [3.63, 3.8) is 0 Å². The topological polar surface area (TPSA) is 46.2 Å². The zero-order valence-electron chi connectivity index (χ0n) is 12.5. The van der Waals surface area contributed by atoms with E-state index in [0.29, 0.717) is 5.56 Å². The van der Waals surface area contributed by atoms with Crippen LogP contribution in [-0.4, -0.2) is 7.11 Å². The average molecular weight is 291 g/mol. The van der Waals surface area contributed by atoms with Crippen molar-refractivity contribution < 1.29 is 9.15 Å². The normalized spacial score (nSPS) is 10.5. The molecule has 3 heteroatoms. The highest BCUT2D eigenvalue weighted by molar-refractivity contribution is 5.82. The van der Waals surface area contributed by atoms with Gasteiger partial charge in [0, 0.05) is 5.39 Å². The molecule has 110 valence electrons. The number of furan rings is 1. The Kier molecular flexibility index (Phi) is 4.11. The first-order valence-electron chi connectivity index (χ1n) is 7.33. The van der Waals surface area contributed by atoms with Crippen LogP contribution in [0.2, 0.25) is 0 Å². The molecule has 22 heavy (non-hydrogen) atoms. The lowest BCUT2D eigenvalue weighted by Crippen LogP contribution is -1.90. The minimum absolute atomic E-state index is 0.672. The lowest BCUT2D eigenvalue weighted by atomic mass is 10.0. The van der Waals surface area contributed by atoms with Gasteiger partial charge in [-0.15, -0.1) is 0 Å². The first-order chi connectivity index (χ1) is 10.8. The van der Waals surface area contributed by atoms with E-state index in [4.69, 9.17) is 14.4 Å². The van der Waals surface area contributed by atoms with Gasteiger partial charge < -0.3 is 9.15 Å². The SMILES string of the molecule is COc1ccc(CCCc2coc3ccc(C#N)cc23)cc1. The van der Waals surface area contributed by atoms with Crippen LogP contribution in [0, 0.1) is 11.3 Å². The van der Waals surface area contributed by atoms with Crippen LogP contribution in [0.5, 0.6) is 5.75 Å². The van der Waals surface area contributed by atoms with E-state index in [1.165, 1.54) is 11.1 Å². The molecule has 0 aliphatic heterocycles. The van der Waals surface area contributed by atoms with Crippen molar-refractivity contribution in [2.75, 3.05) is 7.11 Å². The number of hydrogen-bond acceptors (Lipinski definition) is 3. The third-order valence-corrected chi connectivity index (χ3v) is 3.85. The number of nitrogens with zero attached hydrogens (tertiary/aromatic N) is 1. The molecular weight excluding hydrogens is 274 g/mol. The maximum atomic E-state index is 9.00. The van der Waals surface area contributed by atoms with Crippen LogP contribution < -0.4 is 4.74 Å². The van der Waals surface area contributed by atoms with Gasteiger partial charge in [-0.25, -0.2) is 0 Å². The number of rotatable bonds is 5. The van der Waals surface area contributed by atoms with E-state index in [0.717, 1.165) is 36.0 Å². The third-order valence-electron chi connectivity index (χ3n) is 3.85. The predicted molar refractivity (Wildman–Crippen MR) is 85.9 cm³/mol. The quantitative estimate of drug-likeness (QED) is 0.696. The molecule has 0 saturated carbocycles. The fourth-order valence-corrected chi connectivity index (χ4v) is 2.62. The van der Waals surface area contributed by atoms with Gasteiger partial charge in [0.2, 0.25) is 0 Å². The van der Waals surface area contributed by atoms with Crippen LogP contribution in [-0.2, 0) is 12.8 Å². The van der Waals surface area contributed by atoms with E-state index < -0.39 is 0 Å². The summed E-state index contributed by atoms with van der Waals surface area (Å²) in [7, 11) is 1.68. The molecule has 2 aromatic carbocycles. The van der Waals surface area contributed by atoms with Gasteiger partial charge in [0.05, 0.1) is 25.0 Å². The Balaban J connectivity index is 1.67.